The molecule has 1 unspecified atom stereocenters. The van der Waals surface area contributed by atoms with E-state index in [9.17, 15) is 0 Å². The quantitative estimate of drug-likeness (QED) is 0.916. The maximum atomic E-state index is 6.15. The van der Waals surface area contributed by atoms with E-state index in [0.717, 1.165) is 10.6 Å². The molecule has 0 aliphatic carbocycles. The van der Waals surface area contributed by atoms with Gasteiger partial charge in [0, 0.05) is 5.41 Å². The maximum Gasteiger partial charge on any atom is 0.271 e. The van der Waals surface area contributed by atoms with Gasteiger partial charge in [0.15, 0.2) is 5.82 Å². The summed E-state index contributed by atoms with van der Waals surface area (Å²) in [6.45, 7) is 12.4. The van der Waals surface area contributed by atoms with E-state index in [-0.39, 0.29) is 16.9 Å². The minimum atomic E-state index is -0.279. The average Bonchev–Trinajstić information content (AvgIpc) is 2.94. The molecular formula is C13H21N5OS. The van der Waals surface area contributed by atoms with Crippen LogP contribution in [0.1, 0.15) is 59.1 Å². The van der Waals surface area contributed by atoms with Crippen LogP contribution in [-0.2, 0) is 5.41 Å². The van der Waals surface area contributed by atoms with Crippen molar-refractivity contribution < 1.29 is 4.52 Å². The van der Waals surface area contributed by atoms with E-state index in [0.29, 0.717) is 11.7 Å². The smallest absolute Gasteiger partial charge is 0.271 e. The molecule has 0 saturated heterocycles. The fourth-order valence-corrected chi connectivity index (χ4v) is 2.46. The number of aromatic nitrogens is 4. The molecule has 2 N–H and O–H groups in total. The first-order valence-corrected chi connectivity index (χ1v) is 7.30. The normalized spacial score (nSPS) is 14.6. The average molecular weight is 295 g/mol. The third kappa shape index (κ3) is 2.88. The molecule has 2 aromatic heterocycles. The summed E-state index contributed by atoms with van der Waals surface area (Å²) in [4.78, 5) is 5.24. The molecule has 6 nitrogen and oxygen atoms in total. The molecule has 7 heteroatoms. The minimum Gasteiger partial charge on any atom is -0.333 e. The molecule has 1 atom stereocenters. The van der Waals surface area contributed by atoms with Gasteiger partial charge in [0.1, 0.15) is 4.88 Å². The van der Waals surface area contributed by atoms with Gasteiger partial charge in [-0.15, -0.1) is 5.10 Å². The van der Waals surface area contributed by atoms with E-state index in [1.54, 1.807) is 0 Å². The van der Waals surface area contributed by atoms with Crippen LogP contribution in [0.15, 0.2) is 4.52 Å². The Balaban J connectivity index is 2.38. The minimum absolute atomic E-state index is 0.122. The van der Waals surface area contributed by atoms with E-state index >= 15 is 0 Å². The molecule has 0 fully saturated rings. The summed E-state index contributed by atoms with van der Waals surface area (Å²) in [5.41, 5.74) is 6.77. The zero-order valence-electron chi connectivity index (χ0n) is 12.8. The summed E-state index contributed by atoms with van der Waals surface area (Å²) in [5, 5.41) is 8.18. The second kappa shape index (κ2) is 4.89. The molecule has 0 amide bonds. The molecule has 0 aliphatic rings. The molecule has 20 heavy (non-hydrogen) atoms. The molecule has 110 valence electrons. The van der Waals surface area contributed by atoms with E-state index in [1.165, 1.54) is 11.5 Å². The molecule has 2 aromatic rings. The van der Waals surface area contributed by atoms with Crippen LogP contribution in [0.25, 0.3) is 10.8 Å². The molecule has 2 heterocycles. The lowest BCUT2D eigenvalue weighted by molar-refractivity contribution is 0.303. The Labute approximate surface area is 122 Å². The van der Waals surface area contributed by atoms with Crippen LogP contribution in [0.4, 0.5) is 0 Å². The standard InChI is InChI=1S/C13H21N5OS/c1-12(2,3)8(14)10-15-11(19-17-10)7-9(13(4,5)6)16-18-20-7/h8H,14H2,1-6H3. The van der Waals surface area contributed by atoms with Gasteiger partial charge in [0.05, 0.1) is 11.7 Å². The first-order chi connectivity index (χ1) is 9.10. The first kappa shape index (κ1) is 15.1. The van der Waals surface area contributed by atoms with Crippen molar-refractivity contribution in [2.45, 2.75) is 53.0 Å². The Hall–Kier alpha value is -1.34. The topological polar surface area (TPSA) is 90.7 Å². The fraction of sp³-hybridized carbons (Fsp3) is 0.692. The summed E-state index contributed by atoms with van der Waals surface area (Å²) >= 11 is 1.26. The summed E-state index contributed by atoms with van der Waals surface area (Å²) in [7, 11) is 0. The third-order valence-corrected chi connectivity index (χ3v) is 3.76. The van der Waals surface area contributed by atoms with E-state index in [1.807, 2.05) is 20.8 Å². The van der Waals surface area contributed by atoms with Gasteiger partial charge in [-0.25, -0.2) is 0 Å². The monoisotopic (exact) mass is 295 g/mol. The van der Waals surface area contributed by atoms with Crippen LogP contribution in [-0.4, -0.2) is 19.7 Å². The van der Waals surface area contributed by atoms with Crippen molar-refractivity contribution in [2.24, 2.45) is 11.1 Å². The highest BCUT2D eigenvalue weighted by atomic mass is 32.1. The molecule has 0 spiro atoms. The van der Waals surface area contributed by atoms with E-state index < -0.39 is 0 Å². The number of rotatable bonds is 2. The molecular weight excluding hydrogens is 274 g/mol. The third-order valence-electron chi connectivity index (χ3n) is 3.05. The van der Waals surface area contributed by atoms with Crippen molar-refractivity contribution in [1.82, 2.24) is 19.7 Å². The molecule has 2 rings (SSSR count). The number of nitrogens with two attached hydrogens (primary N) is 1. The Kier molecular flexibility index (Phi) is 3.68. The maximum absolute atomic E-state index is 6.15. The zero-order chi connectivity index (χ0) is 15.1. The zero-order valence-corrected chi connectivity index (χ0v) is 13.6. The first-order valence-electron chi connectivity index (χ1n) is 6.53. The predicted molar refractivity (Wildman–Crippen MR) is 78.3 cm³/mol. The Morgan fingerprint density at radius 2 is 1.80 bits per heavy atom. The molecule has 0 saturated carbocycles. The van der Waals surface area contributed by atoms with Crippen LogP contribution in [0.2, 0.25) is 0 Å². The largest absolute Gasteiger partial charge is 0.333 e. The summed E-state index contributed by atoms with van der Waals surface area (Å²) < 4.78 is 9.35. The van der Waals surface area contributed by atoms with Gasteiger partial charge in [0.25, 0.3) is 5.89 Å². The van der Waals surface area contributed by atoms with Gasteiger partial charge < -0.3 is 10.3 Å². The van der Waals surface area contributed by atoms with Gasteiger partial charge in [-0.3, -0.25) is 0 Å². The van der Waals surface area contributed by atoms with Crippen LogP contribution < -0.4 is 5.73 Å². The van der Waals surface area contributed by atoms with Crippen molar-refractivity contribution in [3.05, 3.63) is 11.5 Å². The van der Waals surface area contributed by atoms with Gasteiger partial charge in [-0.1, -0.05) is 51.2 Å². The van der Waals surface area contributed by atoms with Crippen molar-refractivity contribution in [3.8, 4) is 10.8 Å². The highest BCUT2D eigenvalue weighted by Crippen LogP contribution is 2.35. The molecule has 0 aliphatic heterocycles. The van der Waals surface area contributed by atoms with Gasteiger partial charge in [0.2, 0.25) is 0 Å². The van der Waals surface area contributed by atoms with Crippen molar-refractivity contribution >= 4 is 11.5 Å². The Morgan fingerprint density at radius 3 is 2.35 bits per heavy atom. The fourth-order valence-electron chi connectivity index (χ4n) is 1.66. The van der Waals surface area contributed by atoms with Crippen LogP contribution in [0.3, 0.4) is 0 Å². The summed E-state index contributed by atoms with van der Waals surface area (Å²) in [6.07, 6.45) is 0. The van der Waals surface area contributed by atoms with Crippen molar-refractivity contribution in [1.29, 1.82) is 0 Å². The van der Waals surface area contributed by atoms with E-state index in [2.05, 4.69) is 40.5 Å². The highest BCUT2D eigenvalue weighted by molar-refractivity contribution is 7.09. The number of nitrogens with zero attached hydrogens (tertiary/aromatic N) is 4. The van der Waals surface area contributed by atoms with Crippen LogP contribution in [0, 0.1) is 5.41 Å². The Morgan fingerprint density at radius 1 is 1.15 bits per heavy atom. The number of hydrogen-bond acceptors (Lipinski definition) is 7. The van der Waals surface area contributed by atoms with Crippen molar-refractivity contribution in [3.63, 3.8) is 0 Å². The van der Waals surface area contributed by atoms with Crippen molar-refractivity contribution in [2.75, 3.05) is 0 Å². The van der Waals surface area contributed by atoms with E-state index in [4.69, 9.17) is 10.3 Å². The summed E-state index contributed by atoms with van der Waals surface area (Å²) in [5.74, 6) is 0.959. The highest BCUT2D eigenvalue weighted by Gasteiger charge is 2.30. The van der Waals surface area contributed by atoms with Gasteiger partial charge in [-0.05, 0) is 16.9 Å². The second-order valence-electron chi connectivity index (χ2n) is 7.00. The lowest BCUT2D eigenvalue weighted by Crippen LogP contribution is -2.27. The van der Waals surface area contributed by atoms with Crippen LogP contribution >= 0.6 is 11.5 Å². The molecule has 0 bridgehead atoms. The second-order valence-corrected chi connectivity index (χ2v) is 7.76. The summed E-state index contributed by atoms with van der Waals surface area (Å²) in [6, 6.07) is -0.279. The van der Waals surface area contributed by atoms with Gasteiger partial charge in [-0.2, -0.15) is 4.98 Å². The SMILES string of the molecule is CC(C)(C)c1nnsc1-c1nc(C(N)C(C)(C)C)no1. The van der Waals surface area contributed by atoms with Crippen LogP contribution in [0.5, 0.6) is 0 Å². The number of hydrogen-bond donors (Lipinski definition) is 1. The molecule has 0 aromatic carbocycles. The predicted octanol–water partition coefficient (Wildman–Crippen LogP) is 2.93. The van der Waals surface area contributed by atoms with Gasteiger partial charge >= 0.3 is 0 Å². The lowest BCUT2D eigenvalue weighted by atomic mass is 9.87. The molecule has 0 radical (unpaired) electrons. The Bertz CT molecular complexity index is 590. The lowest BCUT2D eigenvalue weighted by Gasteiger charge is -2.23.